The maximum atomic E-state index is 11.6. The Balaban J connectivity index is 0. The summed E-state index contributed by atoms with van der Waals surface area (Å²) in [5, 5.41) is 1.63. The summed E-state index contributed by atoms with van der Waals surface area (Å²) < 4.78 is 21.9. The molecular formula is C8H13N2NaO7P2. The standard InChI is InChI=1S/C8H12N2O7P2.Na.H/c9-6-3-1-5(2-4-6)7(11)10-8(18(12,13)14)19(15,16)17;;/h1-4,8H,9H2,(H,10,11)(H2,12,13,14)(H2,15,16,17);;/q;+1;-1. The van der Waals surface area contributed by atoms with Crippen LogP contribution in [0.3, 0.4) is 0 Å². The third-order valence-corrected chi connectivity index (χ3v) is 5.41. The average Bonchev–Trinajstić information content (AvgIpc) is 2.23. The molecule has 0 aromatic heterocycles. The SMILES string of the molecule is Nc1ccc(C(=O)NC(P(=O)(O)O)P(=O)(O)O)cc1.[H-].[Na+]. The van der Waals surface area contributed by atoms with Gasteiger partial charge in [0, 0.05) is 11.3 Å². The van der Waals surface area contributed by atoms with Crippen molar-refractivity contribution in [1.29, 1.82) is 0 Å². The van der Waals surface area contributed by atoms with Crippen molar-refractivity contribution < 1.29 is 64.5 Å². The van der Waals surface area contributed by atoms with E-state index in [1.165, 1.54) is 24.3 Å². The normalized spacial score (nSPS) is 11.8. The number of benzene rings is 1. The maximum Gasteiger partial charge on any atom is 1.00 e. The van der Waals surface area contributed by atoms with Gasteiger partial charge in [-0.15, -0.1) is 0 Å². The molecule has 0 spiro atoms. The van der Waals surface area contributed by atoms with Crippen molar-refractivity contribution in [2.45, 2.75) is 5.52 Å². The topological polar surface area (TPSA) is 170 Å². The summed E-state index contributed by atoms with van der Waals surface area (Å²) in [5.74, 6) is -1.03. The van der Waals surface area contributed by atoms with E-state index >= 15 is 0 Å². The van der Waals surface area contributed by atoms with Gasteiger partial charge in [-0.05, 0) is 24.3 Å². The van der Waals surface area contributed by atoms with Crippen molar-refractivity contribution in [2.24, 2.45) is 0 Å². The molecule has 7 N–H and O–H groups in total. The first kappa shape index (κ1) is 19.8. The molecule has 108 valence electrons. The number of carbonyl (C=O) groups is 1. The number of hydrogen-bond donors (Lipinski definition) is 6. The second kappa shape index (κ2) is 7.17. The van der Waals surface area contributed by atoms with Crippen LogP contribution in [0, 0.1) is 0 Å². The zero-order valence-corrected chi connectivity index (χ0v) is 14.2. The molecule has 0 aliphatic heterocycles. The van der Waals surface area contributed by atoms with Crippen molar-refractivity contribution >= 4 is 26.8 Å². The zero-order valence-electron chi connectivity index (χ0n) is 11.4. The van der Waals surface area contributed by atoms with Crippen molar-refractivity contribution in [3.63, 3.8) is 0 Å². The number of anilines is 1. The number of nitrogens with one attached hydrogen (secondary N) is 1. The van der Waals surface area contributed by atoms with Gasteiger partial charge in [-0.25, -0.2) is 0 Å². The largest absolute Gasteiger partial charge is 1.00 e. The molecule has 1 aromatic carbocycles. The smallest absolute Gasteiger partial charge is 1.00 e. The molecule has 0 bridgehead atoms. The maximum absolute atomic E-state index is 11.6. The van der Waals surface area contributed by atoms with Crippen LogP contribution < -0.4 is 40.6 Å². The summed E-state index contributed by atoms with van der Waals surface area (Å²) in [6, 6.07) is 5.22. The van der Waals surface area contributed by atoms with Crippen LogP contribution in [0.5, 0.6) is 0 Å². The van der Waals surface area contributed by atoms with Crippen molar-refractivity contribution in [2.75, 3.05) is 5.73 Å². The van der Waals surface area contributed by atoms with Crippen molar-refractivity contribution in [3.8, 4) is 0 Å². The second-order valence-corrected chi connectivity index (χ2v) is 7.44. The Morgan fingerprint density at radius 2 is 1.50 bits per heavy atom. The summed E-state index contributed by atoms with van der Waals surface area (Å²) in [5.41, 5.74) is 3.13. The Bertz CT molecular complexity index is 550. The number of amides is 1. The minimum atomic E-state index is -5.20. The number of hydrogen-bond acceptors (Lipinski definition) is 4. The van der Waals surface area contributed by atoms with Crippen LogP contribution in [-0.4, -0.2) is 31.0 Å². The minimum Gasteiger partial charge on any atom is -1.00 e. The Kier molecular flexibility index (Phi) is 7.10. The summed E-state index contributed by atoms with van der Waals surface area (Å²) in [4.78, 5) is 47.0. The summed E-state index contributed by atoms with van der Waals surface area (Å²) >= 11 is 0. The van der Waals surface area contributed by atoms with Crippen LogP contribution in [0.25, 0.3) is 0 Å². The number of rotatable bonds is 4. The van der Waals surface area contributed by atoms with Gasteiger partial charge in [0.25, 0.3) is 5.91 Å². The molecule has 0 heterocycles. The van der Waals surface area contributed by atoms with Crippen LogP contribution in [-0.2, 0) is 9.13 Å². The molecule has 0 fully saturated rings. The van der Waals surface area contributed by atoms with Gasteiger partial charge in [-0.2, -0.15) is 0 Å². The Morgan fingerprint density at radius 3 is 1.85 bits per heavy atom. The minimum absolute atomic E-state index is 0. The summed E-state index contributed by atoms with van der Waals surface area (Å²) in [7, 11) is -10.4. The monoisotopic (exact) mass is 334 g/mol. The van der Waals surface area contributed by atoms with Crippen LogP contribution in [0.15, 0.2) is 24.3 Å². The molecule has 0 atom stereocenters. The van der Waals surface area contributed by atoms with E-state index in [0.717, 1.165) is 0 Å². The van der Waals surface area contributed by atoms with E-state index in [9.17, 15) is 13.9 Å². The van der Waals surface area contributed by atoms with Gasteiger partial charge in [0.1, 0.15) is 0 Å². The summed E-state index contributed by atoms with van der Waals surface area (Å²) in [6.45, 7) is 0. The van der Waals surface area contributed by atoms with Crippen LogP contribution in [0.4, 0.5) is 5.69 Å². The Morgan fingerprint density at radius 1 is 1.10 bits per heavy atom. The Hall–Kier alpha value is -0.210. The quantitative estimate of drug-likeness (QED) is 0.189. The van der Waals surface area contributed by atoms with Crippen LogP contribution >= 0.6 is 15.2 Å². The van der Waals surface area contributed by atoms with Gasteiger partial charge >= 0.3 is 44.7 Å². The number of nitrogens with two attached hydrogens (primary N) is 1. The third kappa shape index (κ3) is 5.65. The molecule has 0 radical (unpaired) electrons. The Labute approximate surface area is 137 Å². The first-order chi connectivity index (χ1) is 8.51. The fourth-order valence-corrected chi connectivity index (χ4v) is 3.34. The van der Waals surface area contributed by atoms with Crippen molar-refractivity contribution in [1.82, 2.24) is 5.32 Å². The molecular weight excluding hydrogens is 321 g/mol. The van der Waals surface area contributed by atoms with E-state index in [2.05, 4.69) is 0 Å². The van der Waals surface area contributed by atoms with E-state index in [1.807, 2.05) is 0 Å². The molecule has 12 heteroatoms. The van der Waals surface area contributed by atoms with E-state index in [0.29, 0.717) is 5.69 Å². The van der Waals surface area contributed by atoms with Crippen LogP contribution in [0.1, 0.15) is 11.8 Å². The molecule has 9 nitrogen and oxygen atoms in total. The third-order valence-electron chi connectivity index (χ3n) is 2.07. The van der Waals surface area contributed by atoms with E-state index in [-0.39, 0.29) is 36.5 Å². The van der Waals surface area contributed by atoms with Gasteiger partial charge in [-0.3, -0.25) is 13.9 Å². The van der Waals surface area contributed by atoms with Gasteiger partial charge in [-0.1, -0.05) is 0 Å². The molecule has 20 heavy (non-hydrogen) atoms. The van der Waals surface area contributed by atoms with Crippen LogP contribution in [0.2, 0.25) is 0 Å². The van der Waals surface area contributed by atoms with Gasteiger partial charge in [0.2, 0.25) is 5.52 Å². The fourth-order valence-electron chi connectivity index (χ4n) is 1.20. The van der Waals surface area contributed by atoms with Gasteiger partial charge in [0.05, 0.1) is 0 Å². The molecule has 1 rings (SSSR count). The molecule has 0 aliphatic carbocycles. The molecule has 0 saturated carbocycles. The zero-order chi connectivity index (χ0) is 14.8. The second-order valence-electron chi connectivity index (χ2n) is 3.65. The fraction of sp³-hybridized carbons (Fsp3) is 0.125. The molecule has 0 unspecified atom stereocenters. The predicted molar refractivity (Wildman–Crippen MR) is 67.3 cm³/mol. The molecule has 0 aliphatic rings. The average molecular weight is 334 g/mol. The van der Waals surface area contributed by atoms with Gasteiger partial charge in [0.15, 0.2) is 0 Å². The van der Waals surface area contributed by atoms with Crippen molar-refractivity contribution in [3.05, 3.63) is 29.8 Å². The van der Waals surface area contributed by atoms with E-state index < -0.39 is 26.6 Å². The van der Waals surface area contributed by atoms with E-state index in [1.54, 1.807) is 5.32 Å². The number of nitrogen functional groups attached to an aromatic ring is 1. The predicted octanol–water partition coefficient (Wildman–Crippen LogP) is -3.25. The first-order valence-corrected chi connectivity index (χ1v) is 8.15. The van der Waals surface area contributed by atoms with Gasteiger partial charge < -0.3 is 32.1 Å². The number of carbonyl (C=O) groups excluding carboxylic acids is 1. The summed E-state index contributed by atoms with van der Waals surface area (Å²) in [6.07, 6.45) is 0. The van der Waals surface area contributed by atoms with E-state index in [4.69, 9.17) is 25.3 Å². The molecule has 1 aromatic rings. The molecule has 1 amide bonds. The molecule has 0 saturated heterocycles. The first-order valence-electron chi connectivity index (χ1n) is 4.78.